The molecule has 2 aromatic carbocycles. The molecule has 0 heterocycles. The van der Waals surface area contributed by atoms with Gasteiger partial charge in [-0.3, -0.25) is 0 Å². The molecule has 0 bridgehead atoms. The Kier molecular flexibility index (Phi) is 4.85. The molecule has 26 heavy (non-hydrogen) atoms. The molecule has 4 rings (SSSR count). The standard InChI is InChI=1S/C22H25F3O/c1-13-2-3-15-11-16(5-4-14(15)10-13)17-6-8-19-18(12-17)7-9-20(21(19)23)26-22(24)25/h6-9,12-16,22H,2-5,10-11H2,1H3. The largest absolute Gasteiger partial charge is 0.432 e. The second-order valence-corrected chi connectivity index (χ2v) is 8.19. The van der Waals surface area contributed by atoms with Crippen molar-refractivity contribution in [3.05, 3.63) is 41.7 Å². The van der Waals surface area contributed by atoms with Crippen LogP contribution in [0.5, 0.6) is 5.75 Å². The quantitative estimate of drug-likeness (QED) is 0.577. The number of hydrogen-bond acceptors (Lipinski definition) is 1. The van der Waals surface area contributed by atoms with E-state index in [1.54, 1.807) is 12.1 Å². The maximum Gasteiger partial charge on any atom is 0.387 e. The summed E-state index contributed by atoms with van der Waals surface area (Å²) >= 11 is 0. The first-order chi connectivity index (χ1) is 12.5. The van der Waals surface area contributed by atoms with Crippen molar-refractivity contribution in [2.75, 3.05) is 0 Å². The molecule has 2 aromatic rings. The predicted molar refractivity (Wildman–Crippen MR) is 97.1 cm³/mol. The van der Waals surface area contributed by atoms with E-state index in [-0.39, 0.29) is 0 Å². The second kappa shape index (κ2) is 7.13. The van der Waals surface area contributed by atoms with Crippen molar-refractivity contribution in [3.8, 4) is 5.75 Å². The lowest BCUT2D eigenvalue weighted by atomic mass is 9.64. The SMILES string of the molecule is CC1CCC2CC(c3ccc4c(F)c(OC(F)F)ccc4c3)CCC2C1. The Labute approximate surface area is 152 Å². The van der Waals surface area contributed by atoms with E-state index >= 15 is 0 Å². The van der Waals surface area contributed by atoms with Gasteiger partial charge in [0.1, 0.15) is 0 Å². The lowest BCUT2D eigenvalue weighted by Crippen LogP contribution is -2.29. The van der Waals surface area contributed by atoms with E-state index < -0.39 is 18.2 Å². The van der Waals surface area contributed by atoms with Crippen LogP contribution in [-0.4, -0.2) is 6.61 Å². The highest BCUT2D eigenvalue weighted by atomic mass is 19.3. The molecule has 1 nitrogen and oxygen atoms in total. The van der Waals surface area contributed by atoms with Gasteiger partial charge in [-0.25, -0.2) is 4.39 Å². The summed E-state index contributed by atoms with van der Waals surface area (Å²) in [6, 6.07) is 8.68. The highest BCUT2D eigenvalue weighted by molar-refractivity contribution is 5.85. The molecule has 4 heteroatoms. The molecule has 2 aliphatic rings. The summed E-state index contributed by atoms with van der Waals surface area (Å²) in [7, 11) is 0. The molecule has 4 atom stereocenters. The van der Waals surface area contributed by atoms with Gasteiger partial charge >= 0.3 is 6.61 Å². The van der Waals surface area contributed by atoms with E-state index in [1.165, 1.54) is 50.2 Å². The third-order valence-electron chi connectivity index (χ3n) is 6.51. The topological polar surface area (TPSA) is 9.23 Å². The molecule has 0 radical (unpaired) electrons. The van der Waals surface area contributed by atoms with Crippen molar-refractivity contribution in [3.63, 3.8) is 0 Å². The van der Waals surface area contributed by atoms with Crippen molar-refractivity contribution in [1.82, 2.24) is 0 Å². The molecule has 140 valence electrons. The molecular weight excluding hydrogens is 337 g/mol. The average Bonchev–Trinajstić information content (AvgIpc) is 2.63. The van der Waals surface area contributed by atoms with E-state index in [0.29, 0.717) is 11.3 Å². The van der Waals surface area contributed by atoms with Crippen LogP contribution in [0.1, 0.15) is 56.9 Å². The van der Waals surface area contributed by atoms with Crippen LogP contribution in [0, 0.1) is 23.6 Å². The van der Waals surface area contributed by atoms with Gasteiger partial charge in [-0.1, -0.05) is 37.6 Å². The molecule has 0 amide bonds. The van der Waals surface area contributed by atoms with Crippen LogP contribution in [-0.2, 0) is 0 Å². The van der Waals surface area contributed by atoms with Gasteiger partial charge in [0.25, 0.3) is 0 Å². The van der Waals surface area contributed by atoms with Crippen molar-refractivity contribution in [1.29, 1.82) is 0 Å². The van der Waals surface area contributed by atoms with Crippen molar-refractivity contribution >= 4 is 10.8 Å². The predicted octanol–water partition coefficient (Wildman–Crippen LogP) is 6.90. The molecule has 2 aliphatic carbocycles. The van der Waals surface area contributed by atoms with Crippen LogP contribution in [0.25, 0.3) is 10.8 Å². The highest BCUT2D eigenvalue weighted by Gasteiger charge is 2.34. The molecule has 0 spiro atoms. The monoisotopic (exact) mass is 362 g/mol. The van der Waals surface area contributed by atoms with E-state index in [4.69, 9.17) is 0 Å². The van der Waals surface area contributed by atoms with Crippen LogP contribution in [0.2, 0.25) is 0 Å². The summed E-state index contributed by atoms with van der Waals surface area (Å²) in [6.07, 6.45) is 7.73. The summed E-state index contributed by atoms with van der Waals surface area (Å²) in [5.74, 6) is 1.98. The zero-order valence-electron chi connectivity index (χ0n) is 15.1. The van der Waals surface area contributed by atoms with Crippen molar-refractivity contribution in [2.45, 2.75) is 58.0 Å². The fraction of sp³-hybridized carbons (Fsp3) is 0.545. The molecular formula is C22H25F3O. The third-order valence-corrected chi connectivity index (χ3v) is 6.51. The summed E-state index contributed by atoms with van der Waals surface area (Å²) in [5.41, 5.74) is 1.25. The Morgan fingerprint density at radius 3 is 2.54 bits per heavy atom. The molecule has 0 aliphatic heterocycles. The number of alkyl halides is 2. The fourth-order valence-electron chi connectivity index (χ4n) is 5.16. The lowest BCUT2D eigenvalue weighted by molar-refractivity contribution is -0.0520. The molecule has 4 unspecified atom stereocenters. The molecule has 0 saturated heterocycles. The van der Waals surface area contributed by atoms with Gasteiger partial charge in [-0.15, -0.1) is 0 Å². The molecule has 0 N–H and O–H groups in total. The van der Waals surface area contributed by atoms with Crippen LogP contribution in [0.4, 0.5) is 13.2 Å². The number of ether oxygens (including phenoxy) is 1. The average molecular weight is 362 g/mol. The lowest BCUT2D eigenvalue weighted by Gasteiger charge is -2.41. The zero-order chi connectivity index (χ0) is 18.3. The van der Waals surface area contributed by atoms with E-state index in [9.17, 15) is 13.2 Å². The van der Waals surface area contributed by atoms with Crippen LogP contribution < -0.4 is 4.74 Å². The van der Waals surface area contributed by atoms with E-state index in [1.807, 2.05) is 12.1 Å². The highest BCUT2D eigenvalue weighted by Crippen LogP contribution is 2.47. The number of halogens is 3. The van der Waals surface area contributed by atoms with Crippen LogP contribution in [0.3, 0.4) is 0 Å². The molecule has 0 aromatic heterocycles. The summed E-state index contributed by atoms with van der Waals surface area (Å²) in [4.78, 5) is 0. The fourth-order valence-corrected chi connectivity index (χ4v) is 5.16. The van der Waals surface area contributed by atoms with E-state index in [2.05, 4.69) is 11.7 Å². The van der Waals surface area contributed by atoms with Crippen LogP contribution >= 0.6 is 0 Å². The Morgan fingerprint density at radius 1 is 0.962 bits per heavy atom. The summed E-state index contributed by atoms with van der Waals surface area (Å²) in [5, 5.41) is 1.09. The Bertz CT molecular complexity index is 788. The first-order valence-electron chi connectivity index (χ1n) is 9.68. The van der Waals surface area contributed by atoms with Crippen LogP contribution in [0.15, 0.2) is 30.3 Å². The Hall–Kier alpha value is -1.71. The first-order valence-corrected chi connectivity index (χ1v) is 9.68. The maximum atomic E-state index is 14.4. The summed E-state index contributed by atoms with van der Waals surface area (Å²) < 4.78 is 43.4. The van der Waals surface area contributed by atoms with Crippen molar-refractivity contribution < 1.29 is 17.9 Å². The third kappa shape index (κ3) is 3.43. The first kappa shape index (κ1) is 17.7. The molecule has 2 fully saturated rings. The van der Waals surface area contributed by atoms with Gasteiger partial charge in [0.05, 0.1) is 0 Å². The minimum absolute atomic E-state index is 0.340. The normalized spacial score (nSPS) is 29.0. The van der Waals surface area contributed by atoms with Gasteiger partial charge in [-0.2, -0.15) is 8.78 Å². The van der Waals surface area contributed by atoms with Gasteiger partial charge in [0.2, 0.25) is 0 Å². The zero-order valence-corrected chi connectivity index (χ0v) is 15.1. The maximum absolute atomic E-state index is 14.4. The number of fused-ring (bicyclic) bond motifs is 2. The van der Waals surface area contributed by atoms with Gasteiger partial charge < -0.3 is 4.74 Å². The van der Waals surface area contributed by atoms with Crippen molar-refractivity contribution in [2.24, 2.45) is 17.8 Å². The Balaban J connectivity index is 1.56. The minimum atomic E-state index is -3.02. The number of benzene rings is 2. The van der Waals surface area contributed by atoms with Gasteiger partial charge in [-0.05, 0) is 72.8 Å². The van der Waals surface area contributed by atoms with Gasteiger partial charge in [0, 0.05) is 5.39 Å². The van der Waals surface area contributed by atoms with E-state index in [0.717, 1.165) is 23.1 Å². The smallest absolute Gasteiger partial charge is 0.387 e. The Morgan fingerprint density at radius 2 is 1.73 bits per heavy atom. The number of rotatable bonds is 3. The second-order valence-electron chi connectivity index (χ2n) is 8.19. The summed E-state index contributed by atoms with van der Waals surface area (Å²) in [6.45, 7) is -0.652. The minimum Gasteiger partial charge on any atom is -0.432 e. The molecule has 2 saturated carbocycles. The number of hydrogen-bond donors (Lipinski definition) is 0. The van der Waals surface area contributed by atoms with Gasteiger partial charge in [0.15, 0.2) is 11.6 Å².